The molecular formula is C17H25N3O3. The number of hydrogen-bond acceptors (Lipinski definition) is 4. The molecule has 6 heteroatoms. The zero-order chi connectivity index (χ0) is 17.4. The molecule has 2 N–H and O–H groups in total. The molecule has 1 heterocycles. The van der Waals surface area contributed by atoms with Crippen molar-refractivity contribution in [3.05, 3.63) is 28.6 Å². The van der Waals surface area contributed by atoms with Crippen molar-refractivity contribution < 1.29 is 14.6 Å². The number of ether oxygens (including phenoxy) is 1. The highest BCUT2D eigenvalue weighted by Gasteiger charge is 2.15. The molecule has 0 radical (unpaired) electrons. The van der Waals surface area contributed by atoms with E-state index in [0.29, 0.717) is 19.6 Å². The van der Waals surface area contributed by atoms with Gasteiger partial charge in [-0.25, -0.2) is 0 Å². The minimum Gasteiger partial charge on any atom is -0.396 e. The molecule has 1 unspecified atom stereocenters. The van der Waals surface area contributed by atoms with Gasteiger partial charge in [0.05, 0.1) is 12.6 Å². The van der Waals surface area contributed by atoms with Crippen molar-refractivity contribution >= 4 is 12.0 Å². The molecular weight excluding hydrogens is 294 g/mol. The second kappa shape index (κ2) is 9.13. The number of aromatic nitrogens is 1. The molecule has 0 saturated heterocycles. The van der Waals surface area contributed by atoms with Gasteiger partial charge in [0.15, 0.2) is 0 Å². The molecule has 0 fully saturated rings. The number of aliphatic hydroxyl groups is 1. The first-order valence-electron chi connectivity index (χ1n) is 7.64. The number of methoxy groups -OCH3 is 1. The van der Waals surface area contributed by atoms with E-state index >= 15 is 0 Å². The van der Waals surface area contributed by atoms with E-state index < -0.39 is 5.91 Å². The molecule has 0 aromatic carbocycles. The molecule has 1 amide bonds. The number of rotatable bonds is 8. The number of nitrogens with one attached hydrogen (secondary N) is 1. The van der Waals surface area contributed by atoms with E-state index in [1.54, 1.807) is 13.2 Å². The highest BCUT2D eigenvalue weighted by molar-refractivity contribution is 6.01. The fourth-order valence-electron chi connectivity index (χ4n) is 2.62. The topological polar surface area (TPSA) is 87.3 Å². The van der Waals surface area contributed by atoms with Crippen LogP contribution in [0.25, 0.3) is 6.08 Å². The normalized spacial score (nSPS) is 12.8. The Balaban J connectivity index is 3.03. The third-order valence-electron chi connectivity index (χ3n) is 3.66. The first kappa shape index (κ1) is 18.9. The van der Waals surface area contributed by atoms with Crippen LogP contribution in [0, 0.1) is 25.2 Å². The SMILES string of the molecule is COCC(C)n1c(C)cc(/C=C(/C#N)C(=O)NCCCO)c1C. The van der Waals surface area contributed by atoms with Crippen LogP contribution in [0.3, 0.4) is 0 Å². The Kier molecular flexibility index (Phi) is 7.52. The molecule has 0 aliphatic heterocycles. The van der Waals surface area contributed by atoms with Crippen molar-refractivity contribution in [3.63, 3.8) is 0 Å². The predicted molar refractivity (Wildman–Crippen MR) is 88.8 cm³/mol. The van der Waals surface area contributed by atoms with E-state index in [9.17, 15) is 10.1 Å². The summed E-state index contributed by atoms with van der Waals surface area (Å²) in [4.78, 5) is 12.0. The number of nitrogens with zero attached hydrogens (tertiary/aromatic N) is 2. The summed E-state index contributed by atoms with van der Waals surface area (Å²) in [6, 6.07) is 4.07. The van der Waals surface area contributed by atoms with E-state index in [0.717, 1.165) is 17.0 Å². The van der Waals surface area contributed by atoms with Crippen molar-refractivity contribution in [2.24, 2.45) is 0 Å². The van der Waals surface area contributed by atoms with Gasteiger partial charge in [-0.2, -0.15) is 5.26 Å². The number of amides is 1. The lowest BCUT2D eigenvalue weighted by Gasteiger charge is -2.17. The van der Waals surface area contributed by atoms with E-state index in [2.05, 4.69) is 16.8 Å². The van der Waals surface area contributed by atoms with Crippen LogP contribution in [-0.2, 0) is 9.53 Å². The predicted octanol–water partition coefficient (Wildman–Crippen LogP) is 1.72. The van der Waals surface area contributed by atoms with Gasteiger partial charge < -0.3 is 19.7 Å². The average molecular weight is 319 g/mol. The fraction of sp³-hybridized carbons (Fsp3) is 0.529. The largest absolute Gasteiger partial charge is 0.396 e. The minimum absolute atomic E-state index is 0.00439. The number of carbonyl (C=O) groups is 1. The van der Waals surface area contributed by atoms with Crippen molar-refractivity contribution in [2.45, 2.75) is 33.2 Å². The number of carbonyl (C=O) groups excluding carboxylic acids is 1. The molecule has 1 atom stereocenters. The third kappa shape index (κ3) is 4.95. The molecule has 0 bridgehead atoms. The molecule has 0 saturated carbocycles. The van der Waals surface area contributed by atoms with E-state index in [1.165, 1.54) is 0 Å². The van der Waals surface area contributed by atoms with Gasteiger partial charge in [0.25, 0.3) is 5.91 Å². The summed E-state index contributed by atoms with van der Waals surface area (Å²) in [6.45, 7) is 6.95. The number of hydrogen-bond donors (Lipinski definition) is 2. The number of aryl methyl sites for hydroxylation is 1. The van der Waals surface area contributed by atoms with Crippen LogP contribution >= 0.6 is 0 Å². The summed E-state index contributed by atoms with van der Waals surface area (Å²) in [5.41, 5.74) is 2.95. The molecule has 0 aliphatic rings. The Bertz CT molecular complexity index is 611. The lowest BCUT2D eigenvalue weighted by Crippen LogP contribution is -2.26. The van der Waals surface area contributed by atoms with Gasteiger partial charge in [-0.05, 0) is 44.9 Å². The molecule has 0 aliphatic carbocycles. The summed E-state index contributed by atoms with van der Waals surface area (Å²) in [5, 5.41) is 20.6. The summed E-state index contributed by atoms with van der Waals surface area (Å²) in [6.07, 6.45) is 2.07. The van der Waals surface area contributed by atoms with Crippen LogP contribution in [0.1, 0.15) is 36.3 Å². The van der Waals surface area contributed by atoms with Gasteiger partial charge >= 0.3 is 0 Å². The molecule has 23 heavy (non-hydrogen) atoms. The van der Waals surface area contributed by atoms with Crippen LogP contribution in [0.15, 0.2) is 11.6 Å². The minimum atomic E-state index is -0.421. The quantitative estimate of drug-likeness (QED) is 0.434. The molecule has 126 valence electrons. The first-order valence-corrected chi connectivity index (χ1v) is 7.64. The highest BCUT2D eigenvalue weighted by Crippen LogP contribution is 2.22. The fourth-order valence-corrected chi connectivity index (χ4v) is 2.62. The second-order valence-corrected chi connectivity index (χ2v) is 5.50. The third-order valence-corrected chi connectivity index (χ3v) is 3.66. The van der Waals surface area contributed by atoms with Crippen LogP contribution in [-0.4, -0.2) is 42.4 Å². The van der Waals surface area contributed by atoms with Crippen molar-refractivity contribution in [3.8, 4) is 6.07 Å². The highest BCUT2D eigenvalue weighted by atomic mass is 16.5. The van der Waals surface area contributed by atoms with E-state index in [-0.39, 0.29) is 18.2 Å². The van der Waals surface area contributed by atoms with Gasteiger partial charge in [-0.3, -0.25) is 4.79 Å². The first-order chi connectivity index (χ1) is 11.0. The van der Waals surface area contributed by atoms with Crippen LogP contribution in [0.2, 0.25) is 0 Å². The monoisotopic (exact) mass is 319 g/mol. The van der Waals surface area contributed by atoms with Gasteiger partial charge in [-0.15, -0.1) is 0 Å². The Morgan fingerprint density at radius 2 is 2.26 bits per heavy atom. The van der Waals surface area contributed by atoms with Gasteiger partial charge in [0.2, 0.25) is 0 Å². The standard InChI is InChI=1S/C17H25N3O3/c1-12-8-15(14(3)20(12)13(2)11-23-4)9-16(10-18)17(22)19-6-5-7-21/h8-9,13,21H,5-7,11H2,1-4H3,(H,19,22)/b16-9-. The molecule has 1 aromatic rings. The Morgan fingerprint density at radius 1 is 1.57 bits per heavy atom. The maximum absolute atomic E-state index is 12.0. The Hall–Kier alpha value is -2.10. The summed E-state index contributed by atoms with van der Waals surface area (Å²) in [5.74, 6) is -0.421. The molecule has 1 rings (SSSR count). The zero-order valence-electron chi connectivity index (χ0n) is 14.2. The second-order valence-electron chi connectivity index (χ2n) is 5.50. The Labute approximate surface area is 137 Å². The van der Waals surface area contributed by atoms with Crippen molar-refractivity contribution in [1.29, 1.82) is 5.26 Å². The van der Waals surface area contributed by atoms with Crippen LogP contribution < -0.4 is 5.32 Å². The van der Waals surface area contributed by atoms with Gasteiger partial charge in [0.1, 0.15) is 11.6 Å². The number of aliphatic hydroxyl groups excluding tert-OH is 1. The summed E-state index contributed by atoms with van der Waals surface area (Å²) in [7, 11) is 1.66. The van der Waals surface area contributed by atoms with Gasteiger partial charge in [-0.1, -0.05) is 0 Å². The maximum Gasteiger partial charge on any atom is 0.261 e. The lowest BCUT2D eigenvalue weighted by molar-refractivity contribution is -0.117. The van der Waals surface area contributed by atoms with Crippen molar-refractivity contribution in [2.75, 3.05) is 26.9 Å². The van der Waals surface area contributed by atoms with Crippen molar-refractivity contribution in [1.82, 2.24) is 9.88 Å². The van der Waals surface area contributed by atoms with Crippen LogP contribution in [0.4, 0.5) is 0 Å². The van der Waals surface area contributed by atoms with Crippen LogP contribution in [0.5, 0.6) is 0 Å². The molecule has 0 spiro atoms. The summed E-state index contributed by atoms with van der Waals surface area (Å²) < 4.78 is 7.33. The summed E-state index contributed by atoms with van der Waals surface area (Å²) >= 11 is 0. The maximum atomic E-state index is 12.0. The lowest BCUT2D eigenvalue weighted by atomic mass is 10.1. The molecule has 6 nitrogen and oxygen atoms in total. The van der Waals surface area contributed by atoms with E-state index in [1.807, 2.05) is 26.0 Å². The smallest absolute Gasteiger partial charge is 0.261 e. The van der Waals surface area contributed by atoms with Gasteiger partial charge in [0, 0.05) is 31.6 Å². The number of nitriles is 1. The Morgan fingerprint density at radius 3 is 2.83 bits per heavy atom. The zero-order valence-corrected chi connectivity index (χ0v) is 14.2. The molecule has 1 aromatic heterocycles. The average Bonchev–Trinajstić information content (AvgIpc) is 2.79. The van der Waals surface area contributed by atoms with E-state index in [4.69, 9.17) is 9.84 Å².